The molecule has 104 valence electrons. The van der Waals surface area contributed by atoms with E-state index in [1.54, 1.807) is 0 Å². The largest absolute Gasteiger partial charge is 0.467 e. The van der Waals surface area contributed by atoms with E-state index >= 15 is 0 Å². The summed E-state index contributed by atoms with van der Waals surface area (Å²) in [7, 11) is 1.32. The van der Waals surface area contributed by atoms with Gasteiger partial charge in [0.1, 0.15) is 16.9 Å². The molecule has 1 aliphatic heterocycles. The smallest absolute Gasteiger partial charge is 0.328 e. The monoisotopic (exact) mass is 304 g/mol. The molecule has 2 heterocycles. The molecule has 1 aromatic heterocycles. The number of nitrogens with one attached hydrogen (secondary N) is 1. The fraction of sp³-hybridized carbons (Fsp3) is 0.500. The first kappa shape index (κ1) is 14.2. The Morgan fingerprint density at radius 3 is 2.74 bits per heavy atom. The third-order valence-electron chi connectivity index (χ3n) is 3.19. The first-order valence-electron chi connectivity index (χ1n) is 5.97. The van der Waals surface area contributed by atoms with Crippen LogP contribution in [-0.2, 0) is 9.53 Å². The minimum Gasteiger partial charge on any atom is -0.467 e. The number of esters is 1. The number of ether oxygens (including phenoxy) is 1. The van der Waals surface area contributed by atoms with Crippen LogP contribution in [0.4, 0.5) is 0 Å². The Balaban J connectivity index is 2.22. The van der Waals surface area contributed by atoms with E-state index in [4.69, 9.17) is 27.9 Å². The number of H-pyrrole nitrogens is 1. The van der Waals surface area contributed by atoms with Gasteiger partial charge in [-0.1, -0.05) is 23.2 Å². The average molecular weight is 305 g/mol. The molecule has 1 atom stereocenters. The topological polar surface area (TPSA) is 62.4 Å². The van der Waals surface area contributed by atoms with Crippen LogP contribution in [0.5, 0.6) is 0 Å². The van der Waals surface area contributed by atoms with Crippen molar-refractivity contribution < 1.29 is 14.3 Å². The molecule has 0 aromatic carbocycles. The molecule has 0 radical (unpaired) electrons. The Kier molecular flexibility index (Phi) is 4.37. The van der Waals surface area contributed by atoms with Crippen LogP contribution in [0.2, 0.25) is 10.2 Å². The molecule has 0 spiro atoms. The lowest BCUT2D eigenvalue weighted by molar-refractivity contribution is -0.147. The van der Waals surface area contributed by atoms with Gasteiger partial charge in [-0.05, 0) is 25.3 Å². The molecule has 1 aromatic rings. The Hall–Kier alpha value is -1.20. The standard InChI is InChI=1S/C12H14Cl2N2O3/c1-19-12(18)9-4-2-3-5-16(9)11(17)8-6-7(13)10(14)15-8/h6,9,15H,2-5H2,1H3/t9-/m1/s1. The van der Waals surface area contributed by atoms with Gasteiger partial charge in [-0.3, -0.25) is 4.79 Å². The normalized spacial score (nSPS) is 19.3. The van der Waals surface area contributed by atoms with E-state index in [2.05, 4.69) is 4.98 Å². The molecular formula is C12H14Cl2N2O3. The number of piperidine rings is 1. The maximum atomic E-state index is 12.4. The van der Waals surface area contributed by atoms with Crippen LogP contribution < -0.4 is 0 Å². The number of rotatable bonds is 2. The Bertz CT molecular complexity index is 482. The van der Waals surface area contributed by atoms with E-state index in [0.29, 0.717) is 13.0 Å². The number of halogens is 2. The quantitative estimate of drug-likeness (QED) is 0.854. The molecule has 5 nitrogen and oxygen atoms in total. The van der Waals surface area contributed by atoms with Crippen LogP contribution in [0.1, 0.15) is 29.8 Å². The van der Waals surface area contributed by atoms with Crippen LogP contribution in [-0.4, -0.2) is 41.5 Å². The lowest BCUT2D eigenvalue weighted by Gasteiger charge is -2.33. The zero-order valence-corrected chi connectivity index (χ0v) is 11.9. The number of nitrogens with zero attached hydrogens (tertiary/aromatic N) is 1. The predicted molar refractivity (Wildman–Crippen MR) is 71.5 cm³/mol. The molecule has 1 fully saturated rings. The minimum atomic E-state index is -0.535. The molecule has 1 saturated heterocycles. The molecule has 0 saturated carbocycles. The third kappa shape index (κ3) is 2.87. The molecule has 1 amide bonds. The number of hydrogen-bond acceptors (Lipinski definition) is 3. The molecule has 0 bridgehead atoms. The van der Waals surface area contributed by atoms with E-state index < -0.39 is 12.0 Å². The van der Waals surface area contributed by atoms with Crippen molar-refractivity contribution in [2.24, 2.45) is 0 Å². The maximum Gasteiger partial charge on any atom is 0.328 e. The number of methoxy groups -OCH3 is 1. The van der Waals surface area contributed by atoms with Crippen molar-refractivity contribution in [1.82, 2.24) is 9.88 Å². The van der Waals surface area contributed by atoms with Crippen molar-refractivity contribution in [3.05, 3.63) is 21.9 Å². The zero-order valence-electron chi connectivity index (χ0n) is 10.4. The van der Waals surface area contributed by atoms with Gasteiger partial charge in [-0.15, -0.1) is 0 Å². The van der Waals surface area contributed by atoms with E-state index in [1.165, 1.54) is 18.1 Å². The lowest BCUT2D eigenvalue weighted by Crippen LogP contribution is -2.48. The molecule has 0 aliphatic carbocycles. The van der Waals surface area contributed by atoms with Crippen molar-refractivity contribution in [2.45, 2.75) is 25.3 Å². The lowest BCUT2D eigenvalue weighted by atomic mass is 10.0. The third-order valence-corrected chi connectivity index (χ3v) is 3.89. The summed E-state index contributed by atoms with van der Waals surface area (Å²) in [5.74, 6) is -0.680. The highest BCUT2D eigenvalue weighted by Crippen LogP contribution is 2.25. The average Bonchev–Trinajstić information content (AvgIpc) is 2.77. The SMILES string of the molecule is COC(=O)[C@H]1CCCCN1C(=O)c1cc(Cl)c(Cl)[nH]1. The van der Waals surface area contributed by atoms with E-state index in [9.17, 15) is 9.59 Å². The van der Waals surface area contributed by atoms with Gasteiger partial charge in [0.05, 0.1) is 12.1 Å². The van der Waals surface area contributed by atoms with E-state index in [1.807, 2.05) is 0 Å². The highest BCUT2D eigenvalue weighted by Gasteiger charge is 2.34. The summed E-state index contributed by atoms with van der Waals surface area (Å²) in [6.07, 6.45) is 2.37. The van der Waals surface area contributed by atoms with Crippen molar-refractivity contribution >= 4 is 35.1 Å². The first-order valence-corrected chi connectivity index (χ1v) is 6.73. The van der Waals surface area contributed by atoms with Crippen LogP contribution in [0, 0.1) is 0 Å². The maximum absolute atomic E-state index is 12.4. The molecule has 1 N–H and O–H groups in total. The Morgan fingerprint density at radius 1 is 1.42 bits per heavy atom. The fourth-order valence-corrected chi connectivity index (χ4v) is 2.54. The number of hydrogen-bond donors (Lipinski definition) is 1. The highest BCUT2D eigenvalue weighted by atomic mass is 35.5. The van der Waals surface area contributed by atoms with Gasteiger partial charge >= 0.3 is 5.97 Å². The van der Waals surface area contributed by atoms with Gasteiger partial charge in [0, 0.05) is 6.54 Å². The summed E-state index contributed by atoms with van der Waals surface area (Å²) in [5.41, 5.74) is 0.283. The zero-order chi connectivity index (χ0) is 14.0. The number of carbonyl (C=O) groups is 2. The summed E-state index contributed by atoms with van der Waals surface area (Å²) < 4.78 is 4.74. The Morgan fingerprint density at radius 2 is 2.16 bits per heavy atom. The summed E-state index contributed by atoms with van der Waals surface area (Å²) in [5, 5.41) is 0.508. The fourth-order valence-electron chi connectivity index (χ4n) is 2.23. The molecule has 1 aliphatic rings. The van der Waals surface area contributed by atoms with Gasteiger partial charge in [-0.25, -0.2) is 4.79 Å². The minimum absolute atomic E-state index is 0.219. The number of aromatic amines is 1. The number of aromatic nitrogens is 1. The number of amides is 1. The summed E-state index contributed by atoms with van der Waals surface area (Å²) in [6, 6.07) is 0.932. The van der Waals surface area contributed by atoms with Crippen molar-refractivity contribution in [2.75, 3.05) is 13.7 Å². The predicted octanol–water partition coefficient (Wildman–Crippen LogP) is 2.49. The summed E-state index contributed by atoms with van der Waals surface area (Å²) >= 11 is 11.6. The highest BCUT2D eigenvalue weighted by molar-refractivity contribution is 6.41. The molecular weight excluding hydrogens is 291 g/mol. The van der Waals surface area contributed by atoms with Gasteiger partial charge in [-0.2, -0.15) is 0 Å². The molecule has 2 rings (SSSR count). The van der Waals surface area contributed by atoms with E-state index in [-0.39, 0.29) is 21.8 Å². The number of likely N-dealkylation sites (tertiary alicyclic amines) is 1. The molecule has 0 unspecified atom stereocenters. The van der Waals surface area contributed by atoms with Gasteiger partial charge in [0.2, 0.25) is 0 Å². The van der Waals surface area contributed by atoms with Gasteiger partial charge in [0.25, 0.3) is 5.91 Å². The van der Waals surface area contributed by atoms with Crippen molar-refractivity contribution in [3.63, 3.8) is 0 Å². The number of carbonyl (C=O) groups excluding carboxylic acids is 2. The van der Waals surface area contributed by atoms with E-state index in [0.717, 1.165) is 12.8 Å². The van der Waals surface area contributed by atoms with Crippen LogP contribution >= 0.6 is 23.2 Å². The van der Waals surface area contributed by atoms with Gasteiger partial charge < -0.3 is 14.6 Å². The summed E-state index contributed by atoms with van der Waals surface area (Å²) in [4.78, 5) is 28.3. The Labute approximate surface area is 120 Å². The van der Waals surface area contributed by atoms with Crippen LogP contribution in [0.3, 0.4) is 0 Å². The summed E-state index contributed by atoms with van der Waals surface area (Å²) in [6.45, 7) is 0.521. The second kappa shape index (κ2) is 5.84. The van der Waals surface area contributed by atoms with Crippen LogP contribution in [0.25, 0.3) is 0 Å². The first-order chi connectivity index (χ1) is 9.04. The van der Waals surface area contributed by atoms with Crippen LogP contribution in [0.15, 0.2) is 6.07 Å². The molecule has 7 heteroatoms. The van der Waals surface area contributed by atoms with Gasteiger partial charge in [0.15, 0.2) is 0 Å². The molecule has 19 heavy (non-hydrogen) atoms. The van der Waals surface area contributed by atoms with Crippen molar-refractivity contribution in [3.8, 4) is 0 Å². The second-order valence-corrected chi connectivity index (χ2v) is 5.16. The second-order valence-electron chi connectivity index (χ2n) is 4.38. The van der Waals surface area contributed by atoms with Crippen molar-refractivity contribution in [1.29, 1.82) is 0 Å².